The van der Waals surface area contributed by atoms with Crippen molar-refractivity contribution < 1.29 is 4.79 Å². The number of hydrogen-bond acceptors (Lipinski definition) is 6. The Labute approximate surface area is 116 Å². The number of rotatable bonds is 4. The van der Waals surface area contributed by atoms with E-state index in [0.29, 0.717) is 0 Å². The molecular weight excluding hydrogens is 314 g/mol. The molecule has 98 valence electrons. The van der Waals surface area contributed by atoms with Crippen LogP contribution in [0.3, 0.4) is 0 Å². The first kappa shape index (κ1) is 13.1. The SMILES string of the molecule is Nc1nnnn1CC(=O)N/N=C/c1cccc(Br)c1. The third-order valence-electron chi connectivity index (χ3n) is 2.10. The Kier molecular flexibility index (Phi) is 4.18. The van der Waals surface area contributed by atoms with E-state index in [2.05, 4.69) is 42.0 Å². The van der Waals surface area contributed by atoms with Crippen molar-refractivity contribution in [2.75, 3.05) is 5.73 Å². The first-order valence-corrected chi connectivity index (χ1v) is 6.03. The summed E-state index contributed by atoms with van der Waals surface area (Å²) in [6.45, 7) is -0.0886. The molecule has 0 fully saturated rings. The van der Waals surface area contributed by atoms with Crippen molar-refractivity contribution in [3.05, 3.63) is 34.3 Å². The van der Waals surface area contributed by atoms with Gasteiger partial charge in [-0.1, -0.05) is 33.2 Å². The summed E-state index contributed by atoms with van der Waals surface area (Å²) in [5.41, 5.74) is 8.65. The summed E-state index contributed by atoms with van der Waals surface area (Å²) >= 11 is 3.34. The van der Waals surface area contributed by atoms with E-state index in [1.807, 2.05) is 24.3 Å². The number of amides is 1. The van der Waals surface area contributed by atoms with Crippen molar-refractivity contribution in [2.24, 2.45) is 5.10 Å². The number of carbonyl (C=O) groups is 1. The van der Waals surface area contributed by atoms with Crippen LogP contribution in [0.15, 0.2) is 33.8 Å². The minimum absolute atomic E-state index is 0.0751. The predicted molar refractivity (Wildman–Crippen MR) is 72.1 cm³/mol. The van der Waals surface area contributed by atoms with Crippen LogP contribution in [0.1, 0.15) is 5.56 Å². The van der Waals surface area contributed by atoms with Gasteiger partial charge in [0.2, 0.25) is 5.95 Å². The third-order valence-corrected chi connectivity index (χ3v) is 2.60. The quantitative estimate of drug-likeness (QED) is 0.615. The fourth-order valence-corrected chi connectivity index (χ4v) is 1.68. The zero-order valence-electron chi connectivity index (χ0n) is 9.69. The number of nitrogen functional groups attached to an aromatic ring is 1. The highest BCUT2D eigenvalue weighted by Crippen LogP contribution is 2.09. The Morgan fingerprint density at radius 3 is 3.11 bits per heavy atom. The van der Waals surface area contributed by atoms with Gasteiger partial charge in [0.05, 0.1) is 6.21 Å². The average Bonchev–Trinajstić information content (AvgIpc) is 2.75. The number of carbonyl (C=O) groups excluding carboxylic acids is 1. The third kappa shape index (κ3) is 3.85. The van der Waals surface area contributed by atoms with Gasteiger partial charge in [-0.15, -0.1) is 0 Å². The second-order valence-electron chi connectivity index (χ2n) is 3.54. The van der Waals surface area contributed by atoms with Crippen LogP contribution >= 0.6 is 15.9 Å². The Morgan fingerprint density at radius 1 is 1.58 bits per heavy atom. The van der Waals surface area contributed by atoms with Crippen LogP contribution in [0.4, 0.5) is 5.95 Å². The number of nitrogens with zero attached hydrogens (tertiary/aromatic N) is 5. The molecule has 0 atom stereocenters. The lowest BCUT2D eigenvalue weighted by molar-refractivity contribution is -0.121. The van der Waals surface area contributed by atoms with Crippen LogP contribution in [0.25, 0.3) is 0 Å². The highest BCUT2D eigenvalue weighted by Gasteiger charge is 2.06. The number of tetrazole rings is 1. The van der Waals surface area contributed by atoms with Crippen molar-refractivity contribution >= 4 is 34.0 Å². The number of aromatic nitrogens is 4. The number of nitrogens with two attached hydrogens (primary N) is 1. The van der Waals surface area contributed by atoms with Crippen molar-refractivity contribution in [3.8, 4) is 0 Å². The van der Waals surface area contributed by atoms with E-state index in [1.54, 1.807) is 0 Å². The molecule has 0 radical (unpaired) electrons. The first-order chi connectivity index (χ1) is 9.15. The molecule has 1 aromatic carbocycles. The highest BCUT2D eigenvalue weighted by molar-refractivity contribution is 9.10. The molecule has 0 aliphatic rings. The van der Waals surface area contributed by atoms with Crippen LogP contribution in [0, 0.1) is 0 Å². The van der Waals surface area contributed by atoms with Gasteiger partial charge in [0.25, 0.3) is 5.91 Å². The molecule has 19 heavy (non-hydrogen) atoms. The van der Waals surface area contributed by atoms with Crippen LogP contribution in [-0.2, 0) is 11.3 Å². The molecule has 2 rings (SSSR count). The number of hydrogen-bond donors (Lipinski definition) is 2. The minimum Gasteiger partial charge on any atom is -0.367 e. The highest BCUT2D eigenvalue weighted by atomic mass is 79.9. The molecule has 0 unspecified atom stereocenters. The van der Waals surface area contributed by atoms with E-state index in [1.165, 1.54) is 10.9 Å². The maximum absolute atomic E-state index is 11.5. The summed E-state index contributed by atoms with van der Waals surface area (Å²) in [6.07, 6.45) is 1.53. The smallest absolute Gasteiger partial charge is 0.261 e. The standard InChI is InChI=1S/C10H10BrN7O/c11-8-3-1-2-7(4-8)5-13-14-9(19)6-18-10(12)15-16-17-18/h1-5H,6H2,(H,14,19)(H2,12,15,17)/b13-5+. The van der Waals surface area contributed by atoms with Crippen LogP contribution in [0.5, 0.6) is 0 Å². The van der Waals surface area contributed by atoms with Gasteiger partial charge in [-0.05, 0) is 28.1 Å². The molecule has 8 nitrogen and oxygen atoms in total. The van der Waals surface area contributed by atoms with Gasteiger partial charge < -0.3 is 5.73 Å². The van der Waals surface area contributed by atoms with Gasteiger partial charge in [-0.2, -0.15) is 5.10 Å². The van der Waals surface area contributed by atoms with E-state index in [0.717, 1.165) is 10.0 Å². The minimum atomic E-state index is -0.370. The molecule has 1 heterocycles. The molecule has 0 bridgehead atoms. The summed E-state index contributed by atoms with van der Waals surface area (Å²) in [4.78, 5) is 11.5. The lowest BCUT2D eigenvalue weighted by Gasteiger charge is -2.00. The number of halogens is 1. The second kappa shape index (κ2) is 6.05. The van der Waals surface area contributed by atoms with E-state index < -0.39 is 0 Å². The fourth-order valence-electron chi connectivity index (χ4n) is 1.26. The molecule has 0 saturated heterocycles. The molecule has 2 aromatic rings. The summed E-state index contributed by atoms with van der Waals surface area (Å²) in [7, 11) is 0. The van der Waals surface area contributed by atoms with E-state index >= 15 is 0 Å². The van der Waals surface area contributed by atoms with Crippen molar-refractivity contribution in [2.45, 2.75) is 6.54 Å². The molecule has 0 aliphatic heterocycles. The van der Waals surface area contributed by atoms with Gasteiger partial charge in [-0.25, -0.2) is 10.1 Å². The predicted octanol–water partition coefficient (Wildman–Crippen LogP) is 0.168. The number of anilines is 1. The Bertz CT molecular complexity index is 609. The van der Waals surface area contributed by atoms with E-state index in [9.17, 15) is 4.79 Å². The number of benzene rings is 1. The fraction of sp³-hybridized carbons (Fsp3) is 0.100. The maximum atomic E-state index is 11.5. The number of hydrazone groups is 1. The van der Waals surface area contributed by atoms with Gasteiger partial charge in [0.1, 0.15) is 6.54 Å². The monoisotopic (exact) mass is 323 g/mol. The summed E-state index contributed by atoms with van der Waals surface area (Å²) in [5.74, 6) is -0.295. The van der Waals surface area contributed by atoms with Crippen LogP contribution in [0.2, 0.25) is 0 Å². The zero-order chi connectivity index (χ0) is 13.7. The largest absolute Gasteiger partial charge is 0.367 e. The van der Waals surface area contributed by atoms with E-state index in [-0.39, 0.29) is 18.4 Å². The molecule has 0 spiro atoms. The van der Waals surface area contributed by atoms with Crippen molar-refractivity contribution in [1.82, 2.24) is 25.6 Å². The molecule has 3 N–H and O–H groups in total. The molecule has 9 heteroatoms. The van der Waals surface area contributed by atoms with Crippen molar-refractivity contribution in [1.29, 1.82) is 0 Å². The second-order valence-corrected chi connectivity index (χ2v) is 4.46. The molecule has 0 saturated carbocycles. The summed E-state index contributed by atoms with van der Waals surface area (Å²) < 4.78 is 2.11. The van der Waals surface area contributed by atoms with E-state index in [4.69, 9.17) is 5.73 Å². The van der Waals surface area contributed by atoms with Crippen LogP contribution in [-0.4, -0.2) is 32.3 Å². The normalized spacial score (nSPS) is 10.8. The van der Waals surface area contributed by atoms with Crippen LogP contribution < -0.4 is 11.2 Å². The summed E-state index contributed by atoms with van der Waals surface area (Å²) in [5, 5.41) is 14.2. The van der Waals surface area contributed by atoms with Gasteiger partial charge >= 0.3 is 0 Å². The Morgan fingerprint density at radius 2 is 2.42 bits per heavy atom. The van der Waals surface area contributed by atoms with Gasteiger partial charge in [-0.3, -0.25) is 4.79 Å². The molecule has 1 amide bonds. The van der Waals surface area contributed by atoms with Gasteiger partial charge in [0.15, 0.2) is 0 Å². The average molecular weight is 324 g/mol. The Balaban J connectivity index is 1.88. The maximum Gasteiger partial charge on any atom is 0.261 e. The molecular formula is C10H10BrN7O. The molecule has 0 aliphatic carbocycles. The molecule has 1 aromatic heterocycles. The first-order valence-electron chi connectivity index (χ1n) is 5.24. The lowest BCUT2D eigenvalue weighted by atomic mass is 10.2. The topological polar surface area (TPSA) is 111 Å². The zero-order valence-corrected chi connectivity index (χ0v) is 11.3. The number of nitrogens with one attached hydrogen (secondary N) is 1. The van der Waals surface area contributed by atoms with Crippen molar-refractivity contribution in [3.63, 3.8) is 0 Å². The van der Waals surface area contributed by atoms with Gasteiger partial charge in [0, 0.05) is 4.47 Å². The lowest BCUT2D eigenvalue weighted by Crippen LogP contribution is -2.24. The summed E-state index contributed by atoms with van der Waals surface area (Å²) in [6, 6.07) is 7.50. The Hall–Kier alpha value is -2.29.